The fourth-order valence-electron chi connectivity index (χ4n) is 2.79. The van der Waals surface area contributed by atoms with Crippen molar-refractivity contribution in [3.05, 3.63) is 89.5 Å². The highest BCUT2D eigenvalue weighted by Crippen LogP contribution is 2.22. The van der Waals surface area contributed by atoms with Crippen LogP contribution in [-0.2, 0) is 21.4 Å². The van der Waals surface area contributed by atoms with Gasteiger partial charge < -0.3 is 10.1 Å². The van der Waals surface area contributed by atoms with E-state index in [9.17, 15) is 13.2 Å². The van der Waals surface area contributed by atoms with E-state index < -0.39 is 10.0 Å². The summed E-state index contributed by atoms with van der Waals surface area (Å²) >= 11 is 0. The maximum atomic E-state index is 12.5. The minimum atomic E-state index is -3.66. The van der Waals surface area contributed by atoms with E-state index in [0.29, 0.717) is 17.0 Å². The van der Waals surface area contributed by atoms with Crippen LogP contribution in [0, 0.1) is 13.8 Å². The zero-order valence-corrected chi connectivity index (χ0v) is 17.7. The van der Waals surface area contributed by atoms with E-state index in [1.807, 2.05) is 61.5 Å². The standard InChI is InChI=1S/C23H24N2O4S/c1-17-8-10-20(11-9-17)25-23(26)16-29-22-13-12-21(14-18(22)2)30(27,28)24-15-19-6-4-3-5-7-19/h3-14,24H,15-16H2,1-2H3,(H,25,26). The van der Waals surface area contributed by atoms with Crippen molar-refractivity contribution in [3.63, 3.8) is 0 Å². The summed E-state index contributed by atoms with van der Waals surface area (Å²) in [6, 6.07) is 21.3. The number of amides is 1. The molecule has 0 bridgehead atoms. The molecule has 7 heteroatoms. The Morgan fingerprint density at radius 2 is 1.63 bits per heavy atom. The van der Waals surface area contributed by atoms with Gasteiger partial charge in [-0.05, 0) is 55.3 Å². The van der Waals surface area contributed by atoms with Crippen molar-refractivity contribution < 1.29 is 17.9 Å². The number of anilines is 1. The van der Waals surface area contributed by atoms with Crippen molar-refractivity contribution >= 4 is 21.6 Å². The molecule has 0 aliphatic carbocycles. The maximum absolute atomic E-state index is 12.5. The quantitative estimate of drug-likeness (QED) is 0.576. The SMILES string of the molecule is Cc1ccc(NC(=O)COc2ccc(S(=O)(=O)NCc3ccccc3)cc2C)cc1. The summed E-state index contributed by atoms with van der Waals surface area (Å²) in [5.74, 6) is 0.163. The highest BCUT2D eigenvalue weighted by Gasteiger charge is 2.16. The second-order valence-corrected chi connectivity index (χ2v) is 8.71. The lowest BCUT2D eigenvalue weighted by atomic mass is 10.2. The number of sulfonamides is 1. The van der Waals surface area contributed by atoms with Gasteiger partial charge >= 0.3 is 0 Å². The van der Waals surface area contributed by atoms with Gasteiger partial charge in [0.15, 0.2) is 6.61 Å². The maximum Gasteiger partial charge on any atom is 0.262 e. The van der Waals surface area contributed by atoms with Crippen molar-refractivity contribution in [2.45, 2.75) is 25.3 Å². The Morgan fingerprint density at radius 3 is 2.30 bits per heavy atom. The van der Waals surface area contributed by atoms with Crippen LogP contribution in [0.2, 0.25) is 0 Å². The second-order valence-electron chi connectivity index (χ2n) is 6.94. The third-order valence-electron chi connectivity index (χ3n) is 4.46. The van der Waals surface area contributed by atoms with E-state index in [1.54, 1.807) is 13.0 Å². The van der Waals surface area contributed by atoms with Crippen LogP contribution in [-0.4, -0.2) is 20.9 Å². The monoisotopic (exact) mass is 424 g/mol. The van der Waals surface area contributed by atoms with Crippen molar-refractivity contribution in [1.29, 1.82) is 0 Å². The number of carbonyl (C=O) groups excluding carboxylic acids is 1. The molecule has 0 spiro atoms. The molecule has 0 aliphatic heterocycles. The largest absolute Gasteiger partial charge is 0.483 e. The van der Waals surface area contributed by atoms with Gasteiger partial charge in [0.25, 0.3) is 5.91 Å². The number of hydrogen-bond donors (Lipinski definition) is 2. The number of aryl methyl sites for hydroxylation is 2. The van der Waals surface area contributed by atoms with E-state index >= 15 is 0 Å². The molecule has 3 aromatic rings. The molecule has 0 unspecified atom stereocenters. The van der Waals surface area contributed by atoms with Crippen LogP contribution in [0.4, 0.5) is 5.69 Å². The lowest BCUT2D eigenvalue weighted by molar-refractivity contribution is -0.118. The van der Waals surface area contributed by atoms with Crippen LogP contribution in [0.25, 0.3) is 0 Å². The molecule has 0 aliphatic rings. The van der Waals surface area contributed by atoms with Crippen LogP contribution in [0.3, 0.4) is 0 Å². The summed E-state index contributed by atoms with van der Waals surface area (Å²) in [7, 11) is -3.66. The molecule has 3 rings (SSSR count). The van der Waals surface area contributed by atoms with Crippen LogP contribution < -0.4 is 14.8 Å². The minimum absolute atomic E-state index is 0.146. The van der Waals surface area contributed by atoms with Crippen LogP contribution in [0.15, 0.2) is 77.7 Å². The Labute approximate surface area is 177 Å². The van der Waals surface area contributed by atoms with Crippen LogP contribution >= 0.6 is 0 Å². The van der Waals surface area contributed by atoms with Crippen molar-refractivity contribution in [3.8, 4) is 5.75 Å². The molecule has 0 saturated carbocycles. The molecular formula is C23H24N2O4S. The van der Waals surface area contributed by atoms with Crippen LogP contribution in [0.5, 0.6) is 5.75 Å². The van der Waals surface area contributed by atoms with E-state index in [4.69, 9.17) is 4.74 Å². The van der Waals surface area contributed by atoms with Crippen molar-refractivity contribution in [1.82, 2.24) is 4.72 Å². The predicted molar refractivity (Wildman–Crippen MR) is 117 cm³/mol. The summed E-state index contributed by atoms with van der Waals surface area (Å²) in [6.45, 7) is 3.74. The molecule has 30 heavy (non-hydrogen) atoms. The molecule has 2 N–H and O–H groups in total. The number of benzene rings is 3. The number of rotatable bonds is 8. The molecule has 156 valence electrons. The highest BCUT2D eigenvalue weighted by atomic mass is 32.2. The van der Waals surface area contributed by atoms with Gasteiger partial charge in [-0.25, -0.2) is 13.1 Å². The number of carbonyl (C=O) groups is 1. The third kappa shape index (κ3) is 5.92. The smallest absolute Gasteiger partial charge is 0.262 e. The highest BCUT2D eigenvalue weighted by molar-refractivity contribution is 7.89. The fraction of sp³-hybridized carbons (Fsp3) is 0.174. The summed E-state index contributed by atoms with van der Waals surface area (Å²) in [5.41, 5.74) is 3.29. The van der Waals surface area contributed by atoms with Gasteiger partial charge in [0.1, 0.15) is 5.75 Å². The summed E-state index contributed by atoms with van der Waals surface area (Å²) in [6.07, 6.45) is 0. The van der Waals surface area contributed by atoms with Gasteiger partial charge in [0.05, 0.1) is 4.90 Å². The summed E-state index contributed by atoms with van der Waals surface area (Å²) < 4.78 is 33.2. The molecule has 0 aromatic heterocycles. The van der Waals surface area contributed by atoms with E-state index in [0.717, 1.165) is 11.1 Å². The summed E-state index contributed by atoms with van der Waals surface area (Å²) in [4.78, 5) is 12.2. The molecule has 0 radical (unpaired) electrons. The third-order valence-corrected chi connectivity index (χ3v) is 5.86. The number of nitrogens with one attached hydrogen (secondary N) is 2. The van der Waals surface area contributed by atoms with Crippen LogP contribution in [0.1, 0.15) is 16.7 Å². The lowest BCUT2D eigenvalue weighted by Gasteiger charge is -2.12. The predicted octanol–water partition coefficient (Wildman–Crippen LogP) is 3.80. The van der Waals surface area contributed by atoms with Gasteiger partial charge in [-0.15, -0.1) is 0 Å². The van der Waals surface area contributed by atoms with Crippen molar-refractivity contribution in [2.75, 3.05) is 11.9 Å². The lowest BCUT2D eigenvalue weighted by Crippen LogP contribution is -2.23. The summed E-state index contributed by atoms with van der Waals surface area (Å²) in [5, 5.41) is 2.76. The van der Waals surface area contributed by atoms with E-state index in [-0.39, 0.29) is 24.0 Å². The Morgan fingerprint density at radius 1 is 0.933 bits per heavy atom. The van der Waals surface area contributed by atoms with Gasteiger partial charge in [0.2, 0.25) is 10.0 Å². The van der Waals surface area contributed by atoms with Gasteiger partial charge in [-0.3, -0.25) is 4.79 Å². The normalized spacial score (nSPS) is 11.1. The average Bonchev–Trinajstić information content (AvgIpc) is 2.74. The Hall–Kier alpha value is -3.16. The number of hydrogen-bond acceptors (Lipinski definition) is 4. The Kier molecular flexibility index (Phi) is 6.87. The molecule has 3 aromatic carbocycles. The number of ether oxygens (including phenoxy) is 1. The Balaban J connectivity index is 1.58. The molecule has 0 fully saturated rings. The zero-order valence-electron chi connectivity index (χ0n) is 16.9. The molecular weight excluding hydrogens is 400 g/mol. The first-order valence-electron chi connectivity index (χ1n) is 9.47. The van der Waals surface area contributed by atoms with E-state index in [2.05, 4.69) is 10.0 Å². The first-order valence-corrected chi connectivity index (χ1v) is 11.0. The molecule has 6 nitrogen and oxygen atoms in total. The molecule has 0 heterocycles. The Bertz CT molecular complexity index is 1110. The first kappa shape index (κ1) is 21.5. The van der Waals surface area contributed by atoms with Gasteiger partial charge in [-0.1, -0.05) is 48.0 Å². The van der Waals surface area contributed by atoms with Gasteiger partial charge in [0, 0.05) is 12.2 Å². The second kappa shape index (κ2) is 9.56. The average molecular weight is 425 g/mol. The molecule has 0 saturated heterocycles. The first-order chi connectivity index (χ1) is 14.3. The fourth-order valence-corrected chi connectivity index (χ4v) is 3.89. The minimum Gasteiger partial charge on any atom is -0.483 e. The van der Waals surface area contributed by atoms with Gasteiger partial charge in [-0.2, -0.15) is 0 Å². The topological polar surface area (TPSA) is 84.5 Å². The molecule has 0 atom stereocenters. The van der Waals surface area contributed by atoms with Crippen molar-refractivity contribution in [2.24, 2.45) is 0 Å². The van der Waals surface area contributed by atoms with E-state index in [1.165, 1.54) is 12.1 Å². The molecule has 1 amide bonds. The zero-order chi connectivity index (χ0) is 21.6.